The number of furan rings is 1. The fourth-order valence-electron chi connectivity index (χ4n) is 2.06. The summed E-state index contributed by atoms with van der Waals surface area (Å²) in [5, 5.41) is 8.84. The van der Waals surface area contributed by atoms with Gasteiger partial charge in [-0.2, -0.15) is 0 Å². The number of nitrogens with zero attached hydrogens (tertiary/aromatic N) is 1. The van der Waals surface area contributed by atoms with E-state index in [2.05, 4.69) is 4.90 Å². The van der Waals surface area contributed by atoms with Crippen LogP contribution in [0.4, 0.5) is 0 Å². The molecule has 0 bridgehead atoms. The van der Waals surface area contributed by atoms with Gasteiger partial charge in [-0.3, -0.25) is 4.90 Å². The number of aromatic carboxylic acids is 1. The summed E-state index contributed by atoms with van der Waals surface area (Å²) in [7, 11) is 0. The molecular weight excluding hydrogens is 222 g/mol. The highest BCUT2D eigenvalue weighted by atomic mass is 16.5. The zero-order valence-corrected chi connectivity index (χ0v) is 10.1. The van der Waals surface area contributed by atoms with Gasteiger partial charge in [-0.05, 0) is 19.9 Å². The summed E-state index contributed by atoms with van der Waals surface area (Å²) in [6, 6.07) is 1.61. The van der Waals surface area contributed by atoms with E-state index < -0.39 is 5.97 Å². The number of carbonyl (C=O) groups is 1. The number of hydrogen-bond donors (Lipinski definition) is 1. The van der Waals surface area contributed by atoms with E-state index in [0.29, 0.717) is 5.76 Å². The highest BCUT2D eigenvalue weighted by Gasteiger charge is 2.20. The number of rotatable bonds is 3. The van der Waals surface area contributed by atoms with Crippen LogP contribution in [0, 0.1) is 6.92 Å². The van der Waals surface area contributed by atoms with Crippen molar-refractivity contribution in [2.45, 2.75) is 26.5 Å². The Kier molecular flexibility index (Phi) is 3.49. The molecular formula is C12H17NO4. The van der Waals surface area contributed by atoms with E-state index in [9.17, 15) is 4.79 Å². The van der Waals surface area contributed by atoms with Crippen LogP contribution in [0.1, 0.15) is 28.8 Å². The number of aryl methyl sites for hydroxylation is 1. The summed E-state index contributed by atoms with van der Waals surface area (Å²) >= 11 is 0. The van der Waals surface area contributed by atoms with Crippen LogP contribution in [0.2, 0.25) is 0 Å². The second kappa shape index (κ2) is 4.89. The molecule has 1 aromatic heterocycles. The molecule has 0 radical (unpaired) electrons. The molecule has 1 aliphatic heterocycles. The fraction of sp³-hybridized carbons (Fsp3) is 0.583. The van der Waals surface area contributed by atoms with Gasteiger partial charge in [0, 0.05) is 25.2 Å². The molecule has 0 amide bonds. The van der Waals surface area contributed by atoms with Gasteiger partial charge in [0.25, 0.3) is 0 Å². The van der Waals surface area contributed by atoms with E-state index in [1.165, 1.54) is 0 Å². The Morgan fingerprint density at radius 1 is 1.65 bits per heavy atom. The summed E-state index contributed by atoms with van der Waals surface area (Å²) in [6.45, 7) is 7.02. The molecule has 2 rings (SSSR count). The van der Waals surface area contributed by atoms with E-state index in [1.807, 2.05) is 6.92 Å². The average molecular weight is 239 g/mol. The predicted octanol–water partition coefficient (Wildman–Crippen LogP) is 1.51. The van der Waals surface area contributed by atoms with E-state index in [0.717, 1.165) is 31.8 Å². The minimum absolute atomic E-state index is 0.0128. The van der Waals surface area contributed by atoms with Gasteiger partial charge in [0.05, 0.1) is 12.7 Å². The first-order chi connectivity index (χ1) is 8.06. The Hall–Kier alpha value is -1.33. The van der Waals surface area contributed by atoms with Gasteiger partial charge >= 0.3 is 5.97 Å². The van der Waals surface area contributed by atoms with Crippen molar-refractivity contribution in [1.82, 2.24) is 4.90 Å². The fourth-order valence-corrected chi connectivity index (χ4v) is 2.06. The number of ether oxygens (including phenoxy) is 1. The molecule has 94 valence electrons. The molecule has 0 aromatic carbocycles. The van der Waals surface area contributed by atoms with Crippen molar-refractivity contribution in [3.63, 3.8) is 0 Å². The van der Waals surface area contributed by atoms with Gasteiger partial charge in [-0.25, -0.2) is 4.79 Å². The molecule has 1 fully saturated rings. The molecule has 17 heavy (non-hydrogen) atoms. The van der Waals surface area contributed by atoms with Crippen molar-refractivity contribution in [1.29, 1.82) is 0 Å². The number of hydrogen-bond acceptors (Lipinski definition) is 4. The molecule has 1 saturated heterocycles. The first-order valence-corrected chi connectivity index (χ1v) is 5.73. The lowest BCUT2D eigenvalue weighted by Gasteiger charge is -2.30. The van der Waals surface area contributed by atoms with E-state index >= 15 is 0 Å². The minimum Gasteiger partial charge on any atom is -0.475 e. The number of morpholine rings is 1. The van der Waals surface area contributed by atoms with Crippen LogP contribution in [0.3, 0.4) is 0 Å². The lowest BCUT2D eigenvalue weighted by molar-refractivity contribution is -0.0213. The van der Waals surface area contributed by atoms with Crippen LogP contribution in [-0.2, 0) is 11.3 Å². The van der Waals surface area contributed by atoms with Crippen molar-refractivity contribution < 1.29 is 19.1 Å². The lowest BCUT2D eigenvalue weighted by atomic mass is 10.2. The first kappa shape index (κ1) is 12.1. The summed E-state index contributed by atoms with van der Waals surface area (Å²) < 4.78 is 10.6. The maximum Gasteiger partial charge on any atom is 0.371 e. The monoisotopic (exact) mass is 239 g/mol. The molecule has 1 unspecified atom stereocenters. The molecule has 0 aliphatic carbocycles. The van der Waals surface area contributed by atoms with Crippen LogP contribution >= 0.6 is 0 Å². The highest BCUT2D eigenvalue weighted by Crippen LogP contribution is 2.18. The Balaban J connectivity index is 2.05. The first-order valence-electron chi connectivity index (χ1n) is 5.73. The van der Waals surface area contributed by atoms with Crippen LogP contribution in [-0.4, -0.2) is 41.8 Å². The zero-order chi connectivity index (χ0) is 12.4. The van der Waals surface area contributed by atoms with Crippen molar-refractivity contribution in [3.05, 3.63) is 23.2 Å². The largest absolute Gasteiger partial charge is 0.475 e. The normalized spacial score (nSPS) is 21.6. The molecule has 1 atom stereocenters. The molecule has 1 N–H and O–H groups in total. The van der Waals surface area contributed by atoms with Crippen molar-refractivity contribution in [2.24, 2.45) is 0 Å². The maximum absolute atomic E-state index is 10.8. The third-order valence-electron chi connectivity index (χ3n) is 2.95. The van der Waals surface area contributed by atoms with Gasteiger partial charge in [-0.1, -0.05) is 0 Å². The smallest absolute Gasteiger partial charge is 0.371 e. The Labute approximate surface area is 100.0 Å². The van der Waals surface area contributed by atoms with Gasteiger partial charge < -0.3 is 14.3 Å². The molecule has 2 heterocycles. The van der Waals surface area contributed by atoms with E-state index in [1.54, 1.807) is 13.0 Å². The predicted molar refractivity (Wildman–Crippen MR) is 61.1 cm³/mol. The Bertz CT molecular complexity index is 413. The summed E-state index contributed by atoms with van der Waals surface area (Å²) in [6.07, 6.45) is 0.231. The topological polar surface area (TPSA) is 62.9 Å². The van der Waals surface area contributed by atoms with Crippen molar-refractivity contribution >= 4 is 5.97 Å². The zero-order valence-electron chi connectivity index (χ0n) is 10.1. The summed E-state index contributed by atoms with van der Waals surface area (Å²) in [5.41, 5.74) is 0.941. The second-order valence-corrected chi connectivity index (χ2v) is 4.41. The molecule has 1 aliphatic rings. The average Bonchev–Trinajstić information content (AvgIpc) is 2.61. The molecule has 0 spiro atoms. The Morgan fingerprint density at radius 3 is 3.00 bits per heavy atom. The minimum atomic E-state index is -1.02. The number of carboxylic acid groups (broad SMARTS) is 1. The second-order valence-electron chi connectivity index (χ2n) is 4.41. The summed E-state index contributed by atoms with van der Waals surface area (Å²) in [5.74, 6) is -0.324. The van der Waals surface area contributed by atoms with E-state index in [4.69, 9.17) is 14.3 Å². The molecule has 1 aromatic rings. The van der Waals surface area contributed by atoms with Gasteiger partial charge in [0.2, 0.25) is 5.76 Å². The standard InChI is InChI=1S/C12H17NO4/c1-8-6-13(3-4-16-8)7-10-5-11(12(14)15)17-9(10)2/h5,8H,3-4,6-7H2,1-2H3,(H,14,15). The van der Waals surface area contributed by atoms with Crippen LogP contribution in [0.25, 0.3) is 0 Å². The third-order valence-corrected chi connectivity index (χ3v) is 2.95. The molecule has 5 heteroatoms. The van der Waals surface area contributed by atoms with Gasteiger partial charge in [0.15, 0.2) is 0 Å². The quantitative estimate of drug-likeness (QED) is 0.866. The van der Waals surface area contributed by atoms with Gasteiger partial charge in [-0.15, -0.1) is 0 Å². The van der Waals surface area contributed by atoms with E-state index in [-0.39, 0.29) is 11.9 Å². The van der Waals surface area contributed by atoms with Crippen LogP contribution < -0.4 is 0 Å². The van der Waals surface area contributed by atoms with Crippen LogP contribution in [0.5, 0.6) is 0 Å². The lowest BCUT2D eigenvalue weighted by Crippen LogP contribution is -2.40. The molecule has 5 nitrogen and oxygen atoms in total. The van der Waals surface area contributed by atoms with Gasteiger partial charge in [0.1, 0.15) is 5.76 Å². The number of carboxylic acids is 1. The third kappa shape index (κ3) is 2.87. The SMILES string of the molecule is Cc1oc(C(=O)O)cc1CN1CCOC(C)C1. The highest BCUT2D eigenvalue weighted by molar-refractivity contribution is 5.84. The molecule has 0 saturated carbocycles. The Morgan fingerprint density at radius 2 is 2.41 bits per heavy atom. The van der Waals surface area contributed by atoms with Crippen molar-refractivity contribution in [2.75, 3.05) is 19.7 Å². The van der Waals surface area contributed by atoms with Crippen molar-refractivity contribution in [3.8, 4) is 0 Å². The van der Waals surface area contributed by atoms with Crippen LogP contribution in [0.15, 0.2) is 10.5 Å². The summed E-state index contributed by atoms with van der Waals surface area (Å²) in [4.78, 5) is 13.0. The maximum atomic E-state index is 10.8.